The van der Waals surface area contributed by atoms with Crippen molar-refractivity contribution in [3.63, 3.8) is 0 Å². The lowest BCUT2D eigenvalue weighted by molar-refractivity contribution is -0.114. The van der Waals surface area contributed by atoms with E-state index in [2.05, 4.69) is 22.0 Å². The molecule has 1 aromatic heterocycles. The van der Waals surface area contributed by atoms with Crippen molar-refractivity contribution in [2.24, 2.45) is 0 Å². The van der Waals surface area contributed by atoms with E-state index in [4.69, 9.17) is 4.74 Å². The Kier molecular flexibility index (Phi) is 8.33. The largest absolute Gasteiger partial charge is 0.497 e. The maximum absolute atomic E-state index is 13.5. The highest BCUT2D eigenvalue weighted by Gasteiger charge is 2.35. The summed E-state index contributed by atoms with van der Waals surface area (Å²) < 4.78 is 5.15. The number of hydrogen-bond acceptors (Lipinski definition) is 7. The van der Waals surface area contributed by atoms with Crippen LogP contribution < -0.4 is 20.7 Å². The van der Waals surface area contributed by atoms with Crippen molar-refractivity contribution in [1.82, 2.24) is 5.32 Å². The number of aryl methyl sites for hydroxylation is 1. The van der Waals surface area contributed by atoms with Crippen LogP contribution in [0.2, 0.25) is 0 Å². The third kappa shape index (κ3) is 6.05. The summed E-state index contributed by atoms with van der Waals surface area (Å²) in [5.74, 6) is -0.227. The van der Waals surface area contributed by atoms with Crippen molar-refractivity contribution in [2.75, 3.05) is 23.5 Å². The number of ether oxygens (including phenoxy) is 1. The molecule has 2 heterocycles. The first-order valence-electron chi connectivity index (χ1n) is 11.5. The van der Waals surface area contributed by atoms with Crippen LogP contribution in [-0.4, -0.2) is 24.7 Å². The molecule has 188 valence electrons. The highest BCUT2D eigenvalue weighted by atomic mass is 32.2. The summed E-state index contributed by atoms with van der Waals surface area (Å²) in [6.45, 7) is 3.75. The Labute approximate surface area is 224 Å². The lowest BCUT2D eigenvalue weighted by atomic mass is 9.86. The minimum atomic E-state index is -0.539. The molecule has 4 rings (SSSR count). The van der Waals surface area contributed by atoms with Crippen LogP contribution in [0.3, 0.4) is 0 Å². The molecule has 1 atom stereocenters. The molecule has 2 amide bonds. The number of benzene rings is 2. The molecule has 0 aliphatic carbocycles. The number of nitriles is 1. The summed E-state index contributed by atoms with van der Waals surface area (Å²) in [4.78, 5) is 27.0. The number of nitrogens with one attached hydrogen (secondary N) is 3. The molecular formula is C28H26N4O3S2. The fourth-order valence-corrected chi connectivity index (χ4v) is 5.71. The third-order valence-electron chi connectivity index (χ3n) is 5.83. The maximum Gasteiger partial charge on any atom is 0.254 e. The van der Waals surface area contributed by atoms with E-state index < -0.39 is 5.92 Å². The number of methoxy groups -OCH3 is 1. The van der Waals surface area contributed by atoms with Crippen LogP contribution in [0.4, 0.5) is 11.4 Å². The molecule has 0 radical (unpaired) electrons. The molecule has 0 spiro atoms. The van der Waals surface area contributed by atoms with E-state index >= 15 is 0 Å². The van der Waals surface area contributed by atoms with Gasteiger partial charge in [0.1, 0.15) is 5.75 Å². The van der Waals surface area contributed by atoms with Crippen molar-refractivity contribution in [3.05, 3.63) is 98.4 Å². The van der Waals surface area contributed by atoms with E-state index in [0.29, 0.717) is 33.3 Å². The van der Waals surface area contributed by atoms with Gasteiger partial charge in [0.25, 0.3) is 5.91 Å². The number of dihydropyridines is 1. The Morgan fingerprint density at radius 3 is 2.49 bits per heavy atom. The lowest BCUT2D eigenvalue weighted by Crippen LogP contribution is -2.31. The highest BCUT2D eigenvalue weighted by Crippen LogP contribution is 2.42. The predicted octanol–water partition coefficient (Wildman–Crippen LogP) is 5.77. The number of carbonyl (C=O) groups is 2. The predicted molar refractivity (Wildman–Crippen MR) is 149 cm³/mol. The zero-order chi connectivity index (χ0) is 26.4. The summed E-state index contributed by atoms with van der Waals surface area (Å²) >= 11 is 2.72. The van der Waals surface area contributed by atoms with E-state index in [9.17, 15) is 14.9 Å². The lowest BCUT2D eigenvalue weighted by Gasteiger charge is -2.29. The zero-order valence-electron chi connectivity index (χ0n) is 20.6. The van der Waals surface area contributed by atoms with Crippen molar-refractivity contribution in [3.8, 4) is 11.8 Å². The number of thioether (sulfide) groups is 1. The average molecular weight is 531 g/mol. The smallest absolute Gasteiger partial charge is 0.254 e. The van der Waals surface area contributed by atoms with E-state index in [-0.39, 0.29) is 17.6 Å². The SMILES string of the molecule is COc1ccc(NC(=O)CSC2=C(C#N)[C@@H](c3cccs3)C(C(=O)Nc3ccccc3C)=C(C)N2)cc1. The number of thiophene rings is 1. The molecule has 7 nitrogen and oxygen atoms in total. The summed E-state index contributed by atoms with van der Waals surface area (Å²) in [5.41, 5.74) is 3.84. The topological polar surface area (TPSA) is 103 Å². The third-order valence-corrected chi connectivity index (χ3v) is 7.79. The second-order valence-corrected chi connectivity index (χ2v) is 10.3. The normalized spacial score (nSPS) is 15.0. The maximum atomic E-state index is 13.5. The number of carbonyl (C=O) groups excluding carboxylic acids is 2. The first-order chi connectivity index (χ1) is 17.9. The number of nitrogens with zero attached hydrogens (tertiary/aromatic N) is 1. The molecule has 1 aliphatic rings. The van der Waals surface area contributed by atoms with Crippen LogP contribution in [-0.2, 0) is 9.59 Å². The molecule has 0 unspecified atom stereocenters. The van der Waals surface area contributed by atoms with Crippen LogP contribution in [0.5, 0.6) is 5.75 Å². The van der Waals surface area contributed by atoms with Gasteiger partial charge in [0.2, 0.25) is 5.91 Å². The molecule has 37 heavy (non-hydrogen) atoms. The summed E-state index contributed by atoms with van der Waals surface area (Å²) in [5, 5.41) is 21.7. The highest BCUT2D eigenvalue weighted by molar-refractivity contribution is 8.03. The number of allylic oxidation sites excluding steroid dienone is 2. The fraction of sp³-hybridized carbons (Fsp3) is 0.179. The van der Waals surface area contributed by atoms with Crippen molar-refractivity contribution in [2.45, 2.75) is 19.8 Å². The van der Waals surface area contributed by atoms with Crippen LogP contribution in [0, 0.1) is 18.3 Å². The van der Waals surface area contributed by atoms with Gasteiger partial charge in [-0.25, -0.2) is 0 Å². The van der Waals surface area contributed by atoms with Crippen LogP contribution in [0.15, 0.2) is 87.9 Å². The number of hydrogen-bond donors (Lipinski definition) is 3. The van der Waals surface area contributed by atoms with E-state index in [1.807, 2.05) is 55.6 Å². The van der Waals surface area contributed by atoms with Gasteiger partial charge >= 0.3 is 0 Å². The van der Waals surface area contributed by atoms with Gasteiger partial charge in [-0.1, -0.05) is 36.0 Å². The number of amides is 2. The van der Waals surface area contributed by atoms with Gasteiger partial charge < -0.3 is 20.7 Å². The Hall–Kier alpha value is -4.00. The van der Waals surface area contributed by atoms with E-state index in [1.54, 1.807) is 31.4 Å². The molecule has 0 saturated heterocycles. The quantitative estimate of drug-likeness (QED) is 0.342. The average Bonchev–Trinajstić information content (AvgIpc) is 3.43. The number of para-hydroxylation sites is 1. The van der Waals surface area contributed by atoms with Gasteiger partial charge in [-0.2, -0.15) is 5.26 Å². The first-order valence-corrected chi connectivity index (χ1v) is 13.4. The molecule has 0 bridgehead atoms. The second-order valence-electron chi connectivity index (χ2n) is 8.30. The van der Waals surface area contributed by atoms with Gasteiger partial charge in [-0.3, -0.25) is 9.59 Å². The minimum Gasteiger partial charge on any atom is -0.497 e. The fourth-order valence-electron chi connectivity index (χ4n) is 3.98. The molecule has 0 saturated carbocycles. The Morgan fingerprint density at radius 1 is 1.08 bits per heavy atom. The minimum absolute atomic E-state index is 0.0920. The summed E-state index contributed by atoms with van der Waals surface area (Å²) in [6.07, 6.45) is 0. The molecule has 3 aromatic rings. The molecule has 0 fully saturated rings. The van der Waals surface area contributed by atoms with Gasteiger partial charge in [0.05, 0.1) is 35.5 Å². The Balaban J connectivity index is 1.56. The standard InChI is InChI=1S/C28H26N4O3S2/c1-17-7-4-5-8-22(17)32-27(34)25-18(2)30-28(21(15-29)26(25)23-9-6-14-36-23)37-16-24(33)31-19-10-12-20(35-3)13-11-19/h4-14,26,30H,16H2,1-3H3,(H,31,33)(H,32,34)/t26-/m0/s1. The van der Waals surface area contributed by atoms with Crippen molar-refractivity contribution in [1.29, 1.82) is 5.26 Å². The van der Waals surface area contributed by atoms with Crippen LogP contribution >= 0.6 is 23.1 Å². The van der Waals surface area contributed by atoms with Crippen molar-refractivity contribution < 1.29 is 14.3 Å². The number of anilines is 2. The molecule has 3 N–H and O–H groups in total. The Morgan fingerprint density at radius 2 is 1.84 bits per heavy atom. The monoisotopic (exact) mass is 530 g/mol. The molecule has 1 aliphatic heterocycles. The van der Waals surface area contributed by atoms with Gasteiger partial charge in [0.15, 0.2) is 0 Å². The second kappa shape index (κ2) is 11.8. The van der Waals surface area contributed by atoms with Gasteiger partial charge in [-0.05, 0) is 61.2 Å². The first kappa shape index (κ1) is 26.1. The Bertz CT molecular complexity index is 1400. The summed E-state index contributed by atoms with van der Waals surface area (Å²) in [7, 11) is 1.58. The van der Waals surface area contributed by atoms with E-state index in [0.717, 1.165) is 16.1 Å². The zero-order valence-corrected chi connectivity index (χ0v) is 22.3. The molecule has 9 heteroatoms. The van der Waals surface area contributed by atoms with Crippen LogP contribution in [0.1, 0.15) is 23.3 Å². The number of rotatable bonds is 8. The van der Waals surface area contributed by atoms with Gasteiger partial charge in [-0.15, -0.1) is 11.3 Å². The van der Waals surface area contributed by atoms with Gasteiger partial charge in [0, 0.05) is 27.5 Å². The van der Waals surface area contributed by atoms with Crippen LogP contribution in [0.25, 0.3) is 0 Å². The molecule has 2 aromatic carbocycles. The summed E-state index contributed by atoms with van der Waals surface area (Å²) in [6, 6.07) is 20.8. The van der Waals surface area contributed by atoms with Crippen molar-refractivity contribution >= 4 is 46.3 Å². The van der Waals surface area contributed by atoms with E-state index in [1.165, 1.54) is 23.1 Å². The molecular weight excluding hydrogens is 504 g/mol.